The zero-order valence-corrected chi connectivity index (χ0v) is 15.4. The minimum atomic E-state index is -4.49. The summed E-state index contributed by atoms with van der Waals surface area (Å²) in [6, 6.07) is 6.39. The van der Waals surface area contributed by atoms with E-state index in [9.17, 15) is 23.1 Å². The van der Waals surface area contributed by atoms with Crippen molar-refractivity contribution in [3.8, 4) is 11.4 Å². The lowest BCUT2D eigenvalue weighted by molar-refractivity contribution is -0.137. The molecule has 0 fully saturated rings. The molecule has 1 aromatic heterocycles. The summed E-state index contributed by atoms with van der Waals surface area (Å²) in [5, 5.41) is 19.1. The first kappa shape index (κ1) is 19.6. The molecular formula is C20H18F3N3O2. The Labute approximate surface area is 159 Å². The summed E-state index contributed by atoms with van der Waals surface area (Å²) in [6.07, 6.45) is -0.983. The molecule has 0 aliphatic carbocycles. The average molecular weight is 389 g/mol. The summed E-state index contributed by atoms with van der Waals surface area (Å²) in [4.78, 5) is 11.8. The van der Waals surface area contributed by atoms with E-state index in [-0.39, 0.29) is 22.5 Å². The van der Waals surface area contributed by atoms with Crippen LogP contribution < -0.4 is 0 Å². The summed E-state index contributed by atoms with van der Waals surface area (Å²) in [6.45, 7) is 5.71. The van der Waals surface area contributed by atoms with Crippen molar-refractivity contribution in [3.05, 3.63) is 53.1 Å². The van der Waals surface area contributed by atoms with Crippen LogP contribution in [0.2, 0.25) is 0 Å². The van der Waals surface area contributed by atoms with Gasteiger partial charge in [-0.25, -0.2) is 0 Å². The summed E-state index contributed by atoms with van der Waals surface area (Å²) in [5.74, 6) is -0.0768. The second kappa shape index (κ2) is 6.78. The number of aromatic hydroxyl groups is 1. The van der Waals surface area contributed by atoms with Crippen LogP contribution in [0.4, 0.5) is 13.2 Å². The van der Waals surface area contributed by atoms with Crippen molar-refractivity contribution in [2.45, 2.75) is 32.4 Å². The maximum absolute atomic E-state index is 12.9. The van der Waals surface area contributed by atoms with Gasteiger partial charge in [0.05, 0.1) is 5.56 Å². The fraction of sp³-hybridized carbons (Fsp3) is 0.250. The zero-order chi connectivity index (χ0) is 20.7. The molecule has 1 N–H and O–H groups in total. The van der Waals surface area contributed by atoms with Crippen molar-refractivity contribution < 1.29 is 23.1 Å². The van der Waals surface area contributed by atoms with Crippen molar-refractivity contribution in [3.63, 3.8) is 0 Å². The molecule has 0 unspecified atom stereocenters. The van der Waals surface area contributed by atoms with E-state index < -0.39 is 17.2 Å². The Morgan fingerprint density at radius 1 is 1.04 bits per heavy atom. The Balaban J connectivity index is 2.21. The van der Waals surface area contributed by atoms with Gasteiger partial charge in [0.25, 0.3) is 0 Å². The number of benzene rings is 2. The van der Waals surface area contributed by atoms with E-state index >= 15 is 0 Å². The number of carbonyl (C=O) groups is 1. The van der Waals surface area contributed by atoms with Gasteiger partial charge in [0.1, 0.15) is 28.8 Å². The van der Waals surface area contributed by atoms with Gasteiger partial charge in [-0.1, -0.05) is 26.8 Å². The quantitative estimate of drug-likeness (QED) is 0.523. The maximum atomic E-state index is 12.9. The lowest BCUT2D eigenvalue weighted by Crippen LogP contribution is -2.13. The van der Waals surface area contributed by atoms with Crippen molar-refractivity contribution in [2.75, 3.05) is 0 Å². The molecule has 8 heteroatoms. The largest absolute Gasteiger partial charge is 0.505 e. The topological polar surface area (TPSA) is 68.0 Å². The number of nitrogens with zero attached hydrogens (tertiary/aromatic N) is 3. The number of aromatic nitrogens is 3. The average Bonchev–Trinajstić information content (AvgIpc) is 3.02. The number of phenolic OH excluding ortho intramolecular Hbond substituents is 1. The van der Waals surface area contributed by atoms with Gasteiger partial charge in [-0.3, -0.25) is 4.79 Å². The third-order valence-electron chi connectivity index (χ3n) is 4.21. The highest BCUT2D eigenvalue weighted by atomic mass is 19.4. The Kier molecular flexibility index (Phi) is 4.74. The first-order valence-electron chi connectivity index (χ1n) is 8.45. The molecule has 3 rings (SSSR count). The third kappa shape index (κ3) is 3.76. The van der Waals surface area contributed by atoms with Gasteiger partial charge in [-0.15, -0.1) is 15.0 Å². The van der Waals surface area contributed by atoms with Crippen molar-refractivity contribution in [1.82, 2.24) is 15.0 Å². The predicted octanol–water partition coefficient (Wildman–Crippen LogP) is 4.65. The number of hydrogen-bond acceptors (Lipinski definition) is 4. The van der Waals surface area contributed by atoms with E-state index in [0.717, 1.165) is 16.9 Å². The van der Waals surface area contributed by atoms with Crippen molar-refractivity contribution >= 4 is 23.4 Å². The molecule has 0 aliphatic heterocycles. The molecule has 0 saturated carbocycles. The molecule has 1 heterocycles. The van der Waals surface area contributed by atoms with Crippen LogP contribution >= 0.6 is 0 Å². The highest BCUT2D eigenvalue weighted by Crippen LogP contribution is 2.37. The Morgan fingerprint density at radius 2 is 1.71 bits per heavy atom. The summed E-state index contributed by atoms with van der Waals surface area (Å²) in [5.41, 5.74) is 0.492. The van der Waals surface area contributed by atoms with E-state index in [2.05, 4.69) is 10.2 Å². The van der Waals surface area contributed by atoms with Crippen LogP contribution in [0.5, 0.6) is 5.75 Å². The molecule has 0 amide bonds. The van der Waals surface area contributed by atoms with E-state index in [0.29, 0.717) is 17.4 Å². The van der Waals surface area contributed by atoms with Crippen LogP contribution in [-0.4, -0.2) is 26.4 Å². The normalized spacial score (nSPS) is 12.8. The smallest absolute Gasteiger partial charge is 0.416 e. The number of alkyl halides is 3. The zero-order valence-electron chi connectivity index (χ0n) is 15.4. The van der Waals surface area contributed by atoms with Gasteiger partial charge in [-0.05, 0) is 47.4 Å². The second-order valence-electron chi connectivity index (χ2n) is 7.37. The Morgan fingerprint density at radius 3 is 2.32 bits per heavy atom. The van der Waals surface area contributed by atoms with E-state index in [1.54, 1.807) is 18.2 Å². The number of allylic oxidation sites excluding steroid dienone is 1. The highest BCUT2D eigenvalue weighted by Gasteiger charge is 2.31. The van der Waals surface area contributed by atoms with Gasteiger partial charge < -0.3 is 5.11 Å². The number of hydrogen-bond donors (Lipinski definition) is 1. The number of carbonyl (C=O) groups excluding carboxylic acids is 1. The predicted molar refractivity (Wildman–Crippen MR) is 99.3 cm³/mol. The van der Waals surface area contributed by atoms with E-state index in [1.165, 1.54) is 12.1 Å². The molecule has 0 bridgehead atoms. The molecule has 28 heavy (non-hydrogen) atoms. The van der Waals surface area contributed by atoms with Crippen molar-refractivity contribution in [2.24, 2.45) is 0 Å². The molecule has 3 aromatic rings. The number of rotatable bonds is 3. The Bertz CT molecular complexity index is 1080. The molecule has 0 aliphatic rings. The number of aldehydes is 1. The highest BCUT2D eigenvalue weighted by molar-refractivity contribution is 5.77. The van der Waals surface area contributed by atoms with E-state index in [1.807, 2.05) is 20.8 Å². The van der Waals surface area contributed by atoms with Gasteiger partial charge >= 0.3 is 6.18 Å². The minimum absolute atomic E-state index is 0.0559. The fourth-order valence-electron chi connectivity index (χ4n) is 2.81. The maximum Gasteiger partial charge on any atom is 0.416 e. The molecule has 146 valence electrons. The molecule has 0 radical (unpaired) electrons. The molecule has 0 saturated heterocycles. The number of fused-ring (bicyclic) bond motifs is 1. The van der Waals surface area contributed by atoms with E-state index in [4.69, 9.17) is 0 Å². The van der Waals surface area contributed by atoms with Gasteiger partial charge in [0.15, 0.2) is 0 Å². The van der Waals surface area contributed by atoms with Crippen molar-refractivity contribution in [1.29, 1.82) is 0 Å². The Hall–Kier alpha value is -3.16. The van der Waals surface area contributed by atoms with Gasteiger partial charge in [0.2, 0.25) is 0 Å². The van der Waals surface area contributed by atoms with Crippen LogP contribution in [0.15, 0.2) is 36.4 Å². The fourth-order valence-corrected chi connectivity index (χ4v) is 2.81. The first-order chi connectivity index (χ1) is 13.0. The first-order valence-corrected chi connectivity index (χ1v) is 8.45. The summed E-state index contributed by atoms with van der Waals surface area (Å²) in [7, 11) is 0. The lowest BCUT2D eigenvalue weighted by atomic mass is 9.85. The van der Waals surface area contributed by atoms with Crippen LogP contribution in [0, 0.1) is 0 Å². The molecular weight excluding hydrogens is 371 g/mol. The molecule has 2 aromatic carbocycles. The number of halogens is 3. The van der Waals surface area contributed by atoms with Gasteiger partial charge in [-0.2, -0.15) is 13.2 Å². The monoisotopic (exact) mass is 389 g/mol. The SMILES string of the molecule is CC(C)(C)c1cc(C=CC=O)cc(-n2nc3ccc(C(F)(F)F)cc3n2)c1O. The lowest BCUT2D eigenvalue weighted by Gasteiger charge is -2.22. The van der Waals surface area contributed by atoms with Crippen LogP contribution in [0.1, 0.15) is 37.5 Å². The number of phenols is 1. The second-order valence-corrected chi connectivity index (χ2v) is 7.37. The van der Waals surface area contributed by atoms with Crippen LogP contribution in [-0.2, 0) is 16.4 Å². The van der Waals surface area contributed by atoms with Crippen LogP contribution in [0.25, 0.3) is 22.8 Å². The molecule has 5 nitrogen and oxygen atoms in total. The minimum Gasteiger partial charge on any atom is -0.505 e. The summed E-state index contributed by atoms with van der Waals surface area (Å²) < 4.78 is 38.8. The van der Waals surface area contributed by atoms with Gasteiger partial charge in [0, 0.05) is 5.56 Å². The third-order valence-corrected chi connectivity index (χ3v) is 4.21. The molecule has 0 spiro atoms. The summed E-state index contributed by atoms with van der Waals surface area (Å²) >= 11 is 0. The standard InChI is InChI=1S/C20H18F3N3O2/c1-19(2,3)14-9-12(5-4-8-27)10-17(18(14)28)26-24-15-7-6-13(20(21,22)23)11-16(15)25-26/h4-11,28H,1-3H3. The van der Waals surface area contributed by atoms with Crippen LogP contribution in [0.3, 0.4) is 0 Å². The molecule has 0 atom stereocenters.